The van der Waals surface area contributed by atoms with E-state index in [1.165, 1.54) is 0 Å². The molecule has 0 aromatic carbocycles. The number of rotatable bonds is 6. The molecule has 2 heterocycles. The summed E-state index contributed by atoms with van der Waals surface area (Å²) in [6.07, 6.45) is 5.10. The number of nitrogens with zero attached hydrogens (tertiary/aromatic N) is 3. The number of carbonyl (C=O) groups is 1. The predicted molar refractivity (Wildman–Crippen MR) is 86.9 cm³/mol. The van der Waals surface area contributed by atoms with Crippen LogP contribution in [0.4, 0.5) is 0 Å². The van der Waals surface area contributed by atoms with Crippen molar-refractivity contribution in [3.8, 4) is 5.82 Å². The van der Waals surface area contributed by atoms with Gasteiger partial charge in [0.2, 0.25) is 0 Å². The monoisotopic (exact) mass is 300 g/mol. The van der Waals surface area contributed by atoms with E-state index in [-0.39, 0.29) is 5.91 Å². The minimum atomic E-state index is -0.0779. The van der Waals surface area contributed by atoms with Crippen molar-refractivity contribution >= 4 is 5.91 Å². The quantitative estimate of drug-likeness (QED) is 0.892. The Balaban J connectivity index is 1.98. The van der Waals surface area contributed by atoms with Crippen LogP contribution in [-0.2, 0) is 0 Å². The predicted octanol–water partition coefficient (Wildman–Crippen LogP) is 2.93. The van der Waals surface area contributed by atoms with Gasteiger partial charge in [-0.2, -0.15) is 5.10 Å². The summed E-state index contributed by atoms with van der Waals surface area (Å²) in [4.78, 5) is 16.5. The third-order valence-corrected chi connectivity index (χ3v) is 3.96. The lowest BCUT2D eigenvalue weighted by Crippen LogP contribution is -2.34. The highest BCUT2D eigenvalue weighted by atomic mass is 16.1. The average molecular weight is 300 g/mol. The Morgan fingerprint density at radius 1 is 1.23 bits per heavy atom. The van der Waals surface area contributed by atoms with Crippen LogP contribution in [0.5, 0.6) is 0 Å². The van der Waals surface area contributed by atoms with Crippen molar-refractivity contribution in [2.45, 2.75) is 27.7 Å². The second-order valence-corrected chi connectivity index (χ2v) is 6.22. The second kappa shape index (κ2) is 7.20. The molecule has 5 nitrogen and oxygen atoms in total. The van der Waals surface area contributed by atoms with Crippen molar-refractivity contribution in [3.63, 3.8) is 0 Å². The van der Waals surface area contributed by atoms with E-state index in [4.69, 9.17) is 0 Å². The maximum Gasteiger partial charge on any atom is 0.252 e. The van der Waals surface area contributed by atoms with Gasteiger partial charge in [0.05, 0.1) is 5.56 Å². The average Bonchev–Trinajstić information content (AvgIpc) is 3.01. The van der Waals surface area contributed by atoms with Gasteiger partial charge in [-0.1, -0.05) is 27.7 Å². The van der Waals surface area contributed by atoms with Crippen LogP contribution < -0.4 is 5.32 Å². The van der Waals surface area contributed by atoms with Gasteiger partial charge < -0.3 is 5.32 Å². The SMILES string of the molecule is CC(C)C(CNC(=O)c1ccc(-n2cccn2)nc1)C(C)C. The van der Waals surface area contributed by atoms with Gasteiger partial charge in [0.25, 0.3) is 5.91 Å². The molecule has 0 radical (unpaired) electrons. The van der Waals surface area contributed by atoms with Crippen molar-refractivity contribution in [2.24, 2.45) is 17.8 Å². The van der Waals surface area contributed by atoms with E-state index >= 15 is 0 Å². The van der Waals surface area contributed by atoms with Gasteiger partial charge in [-0.15, -0.1) is 0 Å². The first-order chi connectivity index (χ1) is 10.5. The van der Waals surface area contributed by atoms with E-state index in [2.05, 4.69) is 43.1 Å². The van der Waals surface area contributed by atoms with Gasteiger partial charge in [0, 0.05) is 25.1 Å². The molecule has 0 fully saturated rings. The van der Waals surface area contributed by atoms with Crippen molar-refractivity contribution in [3.05, 3.63) is 42.4 Å². The lowest BCUT2D eigenvalue weighted by Gasteiger charge is -2.25. The van der Waals surface area contributed by atoms with Gasteiger partial charge >= 0.3 is 0 Å². The van der Waals surface area contributed by atoms with E-state index in [0.29, 0.717) is 35.7 Å². The highest BCUT2D eigenvalue weighted by Gasteiger charge is 2.18. The van der Waals surface area contributed by atoms with E-state index in [9.17, 15) is 4.79 Å². The van der Waals surface area contributed by atoms with E-state index in [1.54, 1.807) is 29.2 Å². The number of hydrogen-bond acceptors (Lipinski definition) is 3. The topological polar surface area (TPSA) is 59.8 Å². The number of carbonyl (C=O) groups excluding carboxylic acids is 1. The van der Waals surface area contributed by atoms with Crippen LogP contribution in [0.3, 0.4) is 0 Å². The summed E-state index contributed by atoms with van der Waals surface area (Å²) in [5, 5.41) is 7.13. The Labute approximate surface area is 131 Å². The zero-order chi connectivity index (χ0) is 16.1. The fourth-order valence-electron chi connectivity index (χ4n) is 2.61. The Bertz CT molecular complexity index is 580. The summed E-state index contributed by atoms with van der Waals surface area (Å²) in [5.74, 6) is 2.18. The Morgan fingerprint density at radius 3 is 2.45 bits per heavy atom. The molecule has 0 unspecified atom stereocenters. The van der Waals surface area contributed by atoms with E-state index in [0.717, 1.165) is 0 Å². The summed E-state index contributed by atoms with van der Waals surface area (Å²) in [6.45, 7) is 9.46. The van der Waals surface area contributed by atoms with Gasteiger partial charge in [-0.3, -0.25) is 4.79 Å². The number of nitrogens with one attached hydrogen (secondary N) is 1. The Morgan fingerprint density at radius 2 is 1.95 bits per heavy atom. The number of aromatic nitrogens is 3. The highest BCUT2D eigenvalue weighted by Crippen LogP contribution is 2.19. The number of pyridine rings is 1. The molecular weight excluding hydrogens is 276 g/mol. The molecule has 5 heteroatoms. The first-order valence-corrected chi connectivity index (χ1v) is 7.73. The van der Waals surface area contributed by atoms with Crippen LogP contribution >= 0.6 is 0 Å². The van der Waals surface area contributed by atoms with Gasteiger partial charge in [-0.25, -0.2) is 9.67 Å². The second-order valence-electron chi connectivity index (χ2n) is 6.22. The zero-order valence-electron chi connectivity index (χ0n) is 13.7. The van der Waals surface area contributed by atoms with Crippen LogP contribution in [0.2, 0.25) is 0 Å². The molecule has 1 amide bonds. The van der Waals surface area contributed by atoms with Gasteiger partial charge in [0.1, 0.15) is 0 Å². The Kier molecular flexibility index (Phi) is 5.31. The molecule has 2 aromatic heterocycles. The summed E-state index contributed by atoms with van der Waals surface area (Å²) in [6, 6.07) is 5.41. The first kappa shape index (κ1) is 16.2. The van der Waals surface area contributed by atoms with E-state index in [1.807, 2.05) is 12.3 Å². The molecule has 118 valence electrons. The fourth-order valence-corrected chi connectivity index (χ4v) is 2.61. The molecule has 0 aliphatic carbocycles. The number of hydrogen-bond donors (Lipinski definition) is 1. The molecule has 0 saturated heterocycles. The van der Waals surface area contributed by atoms with Crippen molar-refractivity contribution in [1.29, 1.82) is 0 Å². The third kappa shape index (κ3) is 3.93. The molecular formula is C17H24N4O. The smallest absolute Gasteiger partial charge is 0.252 e. The lowest BCUT2D eigenvalue weighted by atomic mass is 9.85. The van der Waals surface area contributed by atoms with Crippen LogP contribution in [0, 0.1) is 17.8 Å². The highest BCUT2D eigenvalue weighted by molar-refractivity contribution is 5.93. The molecule has 0 saturated carbocycles. The Hall–Kier alpha value is -2.17. The molecule has 1 N–H and O–H groups in total. The van der Waals surface area contributed by atoms with Crippen LogP contribution in [0.15, 0.2) is 36.8 Å². The molecule has 0 bridgehead atoms. The van der Waals surface area contributed by atoms with Crippen molar-refractivity contribution in [2.75, 3.05) is 6.54 Å². The standard InChI is InChI=1S/C17H24N4O/c1-12(2)15(13(3)4)11-19-17(22)14-6-7-16(18-10-14)21-9-5-8-20-21/h5-10,12-13,15H,11H2,1-4H3,(H,19,22). The zero-order valence-corrected chi connectivity index (χ0v) is 13.7. The maximum absolute atomic E-state index is 12.2. The molecule has 2 rings (SSSR count). The van der Waals surface area contributed by atoms with Gasteiger partial charge in [-0.05, 0) is 36.0 Å². The van der Waals surface area contributed by atoms with Crippen molar-refractivity contribution < 1.29 is 4.79 Å². The molecule has 22 heavy (non-hydrogen) atoms. The minimum Gasteiger partial charge on any atom is -0.352 e. The van der Waals surface area contributed by atoms with Crippen molar-refractivity contribution in [1.82, 2.24) is 20.1 Å². The molecule has 2 aromatic rings. The molecule has 0 aliphatic heterocycles. The minimum absolute atomic E-state index is 0.0779. The van der Waals surface area contributed by atoms with Crippen LogP contribution in [0.25, 0.3) is 5.82 Å². The summed E-state index contributed by atoms with van der Waals surface area (Å²) in [7, 11) is 0. The maximum atomic E-state index is 12.2. The summed E-state index contributed by atoms with van der Waals surface area (Å²) < 4.78 is 1.66. The molecule has 0 atom stereocenters. The fraction of sp³-hybridized carbons (Fsp3) is 0.471. The van der Waals surface area contributed by atoms with Crippen LogP contribution in [0.1, 0.15) is 38.1 Å². The molecule has 0 aliphatic rings. The van der Waals surface area contributed by atoms with Crippen LogP contribution in [-0.4, -0.2) is 27.2 Å². The largest absolute Gasteiger partial charge is 0.352 e. The lowest BCUT2D eigenvalue weighted by molar-refractivity contribution is 0.0937. The summed E-state index contributed by atoms with van der Waals surface area (Å²) in [5.41, 5.74) is 0.571. The number of amides is 1. The normalized spacial score (nSPS) is 11.4. The van der Waals surface area contributed by atoms with Gasteiger partial charge in [0.15, 0.2) is 5.82 Å². The van der Waals surface area contributed by atoms with E-state index < -0.39 is 0 Å². The first-order valence-electron chi connectivity index (χ1n) is 7.73. The molecule has 0 spiro atoms. The summed E-state index contributed by atoms with van der Waals surface area (Å²) >= 11 is 0. The third-order valence-electron chi connectivity index (χ3n) is 3.96.